The molecule has 8 nitrogen and oxygen atoms in total. The van der Waals surface area contributed by atoms with Gasteiger partial charge in [-0.1, -0.05) is 13.0 Å². The molecule has 0 amide bonds. The van der Waals surface area contributed by atoms with Crippen LogP contribution in [0.15, 0.2) is 60.0 Å². The first-order valence-electron chi connectivity index (χ1n) is 12.4. The number of benzene rings is 2. The number of aryl methyl sites for hydroxylation is 1. The molecule has 1 aromatic heterocycles. The van der Waals surface area contributed by atoms with E-state index in [0.717, 1.165) is 55.9 Å². The predicted octanol–water partition coefficient (Wildman–Crippen LogP) is 4.19. The van der Waals surface area contributed by atoms with Crippen molar-refractivity contribution >= 4 is 17.1 Å². The third-order valence-electron chi connectivity index (χ3n) is 6.64. The Morgan fingerprint density at radius 3 is 2.79 bits per heavy atom. The Kier molecular flexibility index (Phi) is 6.89. The fraction of sp³-hybridized carbons (Fsp3) is 0.333. The van der Waals surface area contributed by atoms with E-state index in [2.05, 4.69) is 40.1 Å². The first kappa shape index (κ1) is 25.8. The number of anilines is 1. The zero-order chi connectivity index (χ0) is 26.9. The lowest BCUT2D eigenvalue weighted by Crippen LogP contribution is -2.50. The van der Waals surface area contributed by atoms with Crippen LogP contribution in [0.5, 0.6) is 5.75 Å². The van der Waals surface area contributed by atoms with E-state index in [1.54, 1.807) is 12.4 Å². The zero-order valence-electron chi connectivity index (χ0n) is 21.2. The summed E-state index contributed by atoms with van der Waals surface area (Å²) >= 11 is 0. The van der Waals surface area contributed by atoms with Gasteiger partial charge in [0.25, 0.3) is 0 Å². The fourth-order valence-electron chi connectivity index (χ4n) is 4.63. The molecule has 3 heterocycles. The lowest BCUT2D eigenvalue weighted by Gasteiger charge is -2.33. The SMILES string of the molecule is CCCn1cc(C2=CNC(N)(c3cc(OC)cc(C(F)(F)F)c3)N=C2Nc2ccc3c(c2)CNCC3)cn1. The quantitative estimate of drug-likeness (QED) is 0.385. The molecule has 11 heteroatoms. The van der Waals surface area contributed by atoms with Gasteiger partial charge in [0.15, 0.2) is 0 Å². The summed E-state index contributed by atoms with van der Waals surface area (Å²) in [7, 11) is 1.31. The summed E-state index contributed by atoms with van der Waals surface area (Å²) in [4.78, 5) is 4.73. The van der Waals surface area contributed by atoms with E-state index in [0.29, 0.717) is 11.4 Å². The minimum atomic E-state index is -4.58. The van der Waals surface area contributed by atoms with Crippen molar-refractivity contribution in [3.63, 3.8) is 0 Å². The Morgan fingerprint density at radius 1 is 1.18 bits per heavy atom. The second-order valence-corrected chi connectivity index (χ2v) is 9.40. The van der Waals surface area contributed by atoms with Crippen LogP contribution >= 0.6 is 0 Å². The van der Waals surface area contributed by atoms with Crippen molar-refractivity contribution in [2.45, 2.75) is 44.8 Å². The van der Waals surface area contributed by atoms with Crippen LogP contribution in [-0.2, 0) is 31.5 Å². The number of ether oxygens (including phenoxy) is 1. The molecule has 5 rings (SSSR count). The van der Waals surface area contributed by atoms with E-state index in [1.165, 1.54) is 24.3 Å². The number of hydrogen-bond donors (Lipinski definition) is 4. The molecule has 38 heavy (non-hydrogen) atoms. The van der Waals surface area contributed by atoms with E-state index in [4.69, 9.17) is 15.5 Å². The smallest absolute Gasteiger partial charge is 0.416 e. The maximum absolute atomic E-state index is 13.6. The van der Waals surface area contributed by atoms with Gasteiger partial charge in [-0.2, -0.15) is 18.3 Å². The number of halogens is 3. The first-order chi connectivity index (χ1) is 18.2. The summed E-state index contributed by atoms with van der Waals surface area (Å²) in [5, 5.41) is 14.2. The van der Waals surface area contributed by atoms with Crippen LogP contribution in [0.2, 0.25) is 0 Å². The van der Waals surface area contributed by atoms with E-state index >= 15 is 0 Å². The third kappa shape index (κ3) is 5.25. The fourth-order valence-corrected chi connectivity index (χ4v) is 4.63. The number of methoxy groups -OCH3 is 1. The van der Waals surface area contributed by atoms with Crippen molar-refractivity contribution in [1.29, 1.82) is 0 Å². The van der Waals surface area contributed by atoms with Crippen molar-refractivity contribution in [3.8, 4) is 5.75 Å². The number of nitrogens with one attached hydrogen (secondary N) is 3. The minimum absolute atomic E-state index is 0.0314. The molecule has 0 spiro atoms. The highest BCUT2D eigenvalue weighted by molar-refractivity contribution is 6.28. The molecule has 0 fully saturated rings. The van der Waals surface area contributed by atoms with Crippen molar-refractivity contribution < 1.29 is 17.9 Å². The summed E-state index contributed by atoms with van der Waals surface area (Å²) in [6.45, 7) is 4.51. The highest BCUT2D eigenvalue weighted by Gasteiger charge is 2.37. The largest absolute Gasteiger partial charge is 0.497 e. The summed E-state index contributed by atoms with van der Waals surface area (Å²) in [6, 6.07) is 9.47. The van der Waals surface area contributed by atoms with Gasteiger partial charge in [-0.05, 0) is 60.8 Å². The van der Waals surface area contributed by atoms with Crippen molar-refractivity contribution in [2.24, 2.45) is 10.7 Å². The van der Waals surface area contributed by atoms with Crippen LogP contribution in [0.1, 0.15) is 41.2 Å². The maximum atomic E-state index is 13.6. The van der Waals surface area contributed by atoms with Crippen LogP contribution in [0.4, 0.5) is 18.9 Å². The molecule has 1 atom stereocenters. The number of aliphatic imine (C=N–C) groups is 1. The summed E-state index contributed by atoms with van der Waals surface area (Å²) in [6.07, 6.45) is 2.59. The lowest BCUT2D eigenvalue weighted by molar-refractivity contribution is -0.137. The number of amidine groups is 1. The lowest BCUT2D eigenvalue weighted by atomic mass is 9.99. The van der Waals surface area contributed by atoms with Crippen LogP contribution in [0.25, 0.3) is 5.57 Å². The molecule has 2 aromatic carbocycles. The van der Waals surface area contributed by atoms with Crippen molar-refractivity contribution in [2.75, 3.05) is 19.0 Å². The molecule has 1 unspecified atom stereocenters. The molecule has 0 saturated carbocycles. The molecule has 2 aliphatic rings. The molecule has 0 radical (unpaired) electrons. The van der Waals surface area contributed by atoms with Gasteiger partial charge in [0.05, 0.1) is 18.9 Å². The molecule has 0 bridgehead atoms. The summed E-state index contributed by atoms with van der Waals surface area (Å²) < 4.78 is 47.9. The predicted molar refractivity (Wildman–Crippen MR) is 140 cm³/mol. The monoisotopic (exact) mass is 525 g/mol. The Labute approximate surface area is 218 Å². The molecule has 3 aromatic rings. The highest BCUT2D eigenvalue weighted by atomic mass is 19.4. The maximum Gasteiger partial charge on any atom is 0.416 e. The summed E-state index contributed by atoms with van der Waals surface area (Å²) in [5.41, 5.74) is 10.6. The number of hydrogen-bond acceptors (Lipinski definition) is 7. The average molecular weight is 526 g/mol. The van der Waals surface area contributed by atoms with Gasteiger partial charge >= 0.3 is 6.18 Å². The molecule has 0 saturated heterocycles. The average Bonchev–Trinajstić information content (AvgIpc) is 3.36. The van der Waals surface area contributed by atoms with Gasteiger partial charge in [-0.25, -0.2) is 4.99 Å². The van der Waals surface area contributed by atoms with Crippen molar-refractivity contribution in [1.82, 2.24) is 20.4 Å². The van der Waals surface area contributed by atoms with Gasteiger partial charge in [0, 0.05) is 47.9 Å². The van der Waals surface area contributed by atoms with E-state index < -0.39 is 17.5 Å². The van der Waals surface area contributed by atoms with Crippen LogP contribution in [0, 0.1) is 0 Å². The zero-order valence-corrected chi connectivity index (χ0v) is 21.2. The number of aromatic nitrogens is 2. The molecular weight excluding hydrogens is 495 g/mol. The molecular formula is C27H30F3N7O. The van der Waals surface area contributed by atoms with Crippen LogP contribution in [-0.4, -0.2) is 29.3 Å². The van der Waals surface area contributed by atoms with Crippen molar-refractivity contribution in [3.05, 3.63) is 82.8 Å². The molecule has 2 aliphatic heterocycles. The van der Waals surface area contributed by atoms with E-state index in [9.17, 15) is 13.2 Å². The normalized spacial score (nSPS) is 19.2. The summed E-state index contributed by atoms with van der Waals surface area (Å²) in [5.74, 6) is -1.25. The van der Waals surface area contributed by atoms with Gasteiger partial charge in [-0.15, -0.1) is 0 Å². The number of fused-ring (bicyclic) bond motifs is 1. The molecule has 200 valence electrons. The molecule has 0 aliphatic carbocycles. The highest BCUT2D eigenvalue weighted by Crippen LogP contribution is 2.36. The van der Waals surface area contributed by atoms with Gasteiger partial charge < -0.3 is 20.7 Å². The van der Waals surface area contributed by atoms with Crippen LogP contribution in [0.3, 0.4) is 0 Å². The van der Waals surface area contributed by atoms with Gasteiger partial charge in [0.1, 0.15) is 11.6 Å². The van der Waals surface area contributed by atoms with E-state index in [-0.39, 0.29) is 11.3 Å². The Bertz CT molecular complexity index is 1400. The van der Waals surface area contributed by atoms with Gasteiger partial charge in [0.2, 0.25) is 5.79 Å². The first-order valence-corrected chi connectivity index (χ1v) is 12.4. The standard InChI is InChI=1S/C27H30F3N7O/c1-3-8-37-16-19(14-34-37)24-15-33-27(31,21-10-20(26(28,29)30)11-23(12-21)38-2)36-25(24)35-22-5-4-17-6-7-32-13-18(17)9-22/h4-5,9-12,14-16,32-33H,3,6-8,13,31H2,1-2H3,(H,35,36). The second kappa shape index (κ2) is 10.1. The Hall–Kier alpha value is -3.83. The number of nitrogens with two attached hydrogens (primary N) is 1. The third-order valence-corrected chi connectivity index (χ3v) is 6.64. The number of alkyl halides is 3. The van der Waals surface area contributed by atoms with E-state index in [1.807, 2.05) is 16.9 Å². The Morgan fingerprint density at radius 2 is 2.03 bits per heavy atom. The minimum Gasteiger partial charge on any atom is -0.497 e. The number of nitrogens with zero attached hydrogens (tertiary/aromatic N) is 3. The topological polar surface area (TPSA) is 102 Å². The van der Waals surface area contributed by atoms with Gasteiger partial charge in [-0.3, -0.25) is 10.4 Å². The number of rotatable bonds is 6. The second-order valence-electron chi connectivity index (χ2n) is 9.40. The molecule has 5 N–H and O–H groups in total. The Balaban J connectivity index is 1.57. The van der Waals surface area contributed by atoms with Crippen LogP contribution < -0.4 is 26.4 Å².